The van der Waals surface area contributed by atoms with Crippen molar-refractivity contribution < 1.29 is 0 Å². The SMILES string of the molecule is CCC.Cc1ncnc2c1CC(C)(C)CC2. The molecular formula is C14H24N2. The van der Waals surface area contributed by atoms with E-state index in [1.807, 2.05) is 0 Å². The fourth-order valence-electron chi connectivity index (χ4n) is 2.02. The van der Waals surface area contributed by atoms with Crippen LogP contribution >= 0.6 is 0 Å². The zero-order valence-corrected chi connectivity index (χ0v) is 11.3. The number of hydrogen-bond acceptors (Lipinski definition) is 2. The molecule has 0 saturated heterocycles. The lowest BCUT2D eigenvalue weighted by Crippen LogP contribution is -2.24. The molecule has 1 aromatic heterocycles. The molecule has 0 aromatic carbocycles. The van der Waals surface area contributed by atoms with Gasteiger partial charge in [-0.05, 0) is 37.2 Å². The zero-order valence-electron chi connectivity index (χ0n) is 11.3. The molecule has 1 aliphatic rings. The molecule has 2 nitrogen and oxygen atoms in total. The van der Waals surface area contributed by atoms with E-state index >= 15 is 0 Å². The molecule has 16 heavy (non-hydrogen) atoms. The predicted octanol–water partition coefficient (Wildman–Crippen LogP) is 3.72. The van der Waals surface area contributed by atoms with Crippen LogP contribution in [-0.4, -0.2) is 9.97 Å². The zero-order chi connectivity index (χ0) is 12.2. The lowest BCUT2D eigenvalue weighted by molar-refractivity contribution is 0.310. The predicted molar refractivity (Wildman–Crippen MR) is 68.5 cm³/mol. The monoisotopic (exact) mass is 220 g/mol. The van der Waals surface area contributed by atoms with E-state index in [4.69, 9.17) is 0 Å². The van der Waals surface area contributed by atoms with Gasteiger partial charge in [0, 0.05) is 11.4 Å². The quantitative estimate of drug-likeness (QED) is 0.666. The third-order valence-corrected chi connectivity index (χ3v) is 2.94. The van der Waals surface area contributed by atoms with Gasteiger partial charge in [-0.25, -0.2) is 9.97 Å². The second kappa shape index (κ2) is 5.42. The van der Waals surface area contributed by atoms with Crippen molar-refractivity contribution in [3.8, 4) is 0 Å². The molecule has 1 aliphatic carbocycles. The third-order valence-electron chi connectivity index (χ3n) is 2.94. The van der Waals surface area contributed by atoms with Crippen LogP contribution in [0.25, 0.3) is 0 Å². The van der Waals surface area contributed by atoms with Crippen molar-refractivity contribution >= 4 is 0 Å². The summed E-state index contributed by atoms with van der Waals surface area (Å²) in [5, 5.41) is 0. The first-order chi connectivity index (χ1) is 7.50. The Morgan fingerprint density at radius 1 is 1.25 bits per heavy atom. The lowest BCUT2D eigenvalue weighted by Gasteiger charge is -2.30. The van der Waals surface area contributed by atoms with E-state index in [1.165, 1.54) is 24.1 Å². The molecule has 0 amide bonds. The molecule has 0 N–H and O–H groups in total. The molecule has 2 heteroatoms. The summed E-state index contributed by atoms with van der Waals surface area (Å²) >= 11 is 0. The van der Waals surface area contributed by atoms with Gasteiger partial charge in [-0.1, -0.05) is 34.1 Å². The summed E-state index contributed by atoms with van der Waals surface area (Å²) in [4.78, 5) is 8.58. The molecule has 0 bridgehead atoms. The Labute approximate surface area is 99.5 Å². The summed E-state index contributed by atoms with van der Waals surface area (Å²) in [6, 6.07) is 0. The number of nitrogens with zero attached hydrogens (tertiary/aromatic N) is 2. The first-order valence-electron chi connectivity index (χ1n) is 6.29. The number of aromatic nitrogens is 2. The van der Waals surface area contributed by atoms with E-state index in [9.17, 15) is 0 Å². The van der Waals surface area contributed by atoms with Gasteiger partial charge in [0.05, 0.1) is 0 Å². The topological polar surface area (TPSA) is 25.8 Å². The molecule has 2 rings (SSSR count). The second-order valence-electron chi connectivity index (χ2n) is 5.43. The fraction of sp³-hybridized carbons (Fsp3) is 0.714. The molecule has 0 fully saturated rings. The first-order valence-corrected chi connectivity index (χ1v) is 6.29. The van der Waals surface area contributed by atoms with Crippen LogP contribution < -0.4 is 0 Å². The Balaban J connectivity index is 0.000000386. The highest BCUT2D eigenvalue weighted by Crippen LogP contribution is 2.34. The highest BCUT2D eigenvalue weighted by atomic mass is 14.8. The fourth-order valence-corrected chi connectivity index (χ4v) is 2.02. The van der Waals surface area contributed by atoms with E-state index in [1.54, 1.807) is 6.33 Å². The van der Waals surface area contributed by atoms with E-state index in [2.05, 4.69) is 44.6 Å². The maximum absolute atomic E-state index is 4.33. The van der Waals surface area contributed by atoms with Gasteiger partial charge in [0.25, 0.3) is 0 Å². The Bertz CT molecular complexity index is 343. The molecule has 1 aromatic rings. The number of aryl methyl sites for hydroxylation is 2. The van der Waals surface area contributed by atoms with Gasteiger partial charge in [0.15, 0.2) is 0 Å². The van der Waals surface area contributed by atoms with Crippen LogP contribution in [0.15, 0.2) is 6.33 Å². The normalized spacial score (nSPS) is 17.1. The maximum atomic E-state index is 4.33. The summed E-state index contributed by atoms with van der Waals surface area (Å²) in [6.07, 6.45) is 6.43. The van der Waals surface area contributed by atoms with Gasteiger partial charge < -0.3 is 0 Å². The minimum absolute atomic E-state index is 0.433. The standard InChI is InChI=1S/C11H16N2.C3H8/c1-8-9-6-11(2,3)5-4-10(9)13-7-12-8;1-3-2/h7H,4-6H2,1-3H3;3H2,1-2H3. The van der Waals surface area contributed by atoms with Crippen molar-refractivity contribution in [2.75, 3.05) is 0 Å². The maximum Gasteiger partial charge on any atom is 0.115 e. The Morgan fingerprint density at radius 2 is 1.88 bits per heavy atom. The van der Waals surface area contributed by atoms with E-state index < -0.39 is 0 Å². The van der Waals surface area contributed by atoms with Crippen molar-refractivity contribution in [2.24, 2.45) is 5.41 Å². The van der Waals surface area contributed by atoms with E-state index in [0.717, 1.165) is 18.5 Å². The molecule has 0 unspecified atom stereocenters. The van der Waals surface area contributed by atoms with Crippen molar-refractivity contribution in [3.05, 3.63) is 23.3 Å². The summed E-state index contributed by atoms with van der Waals surface area (Å²) in [7, 11) is 0. The molecule has 1 heterocycles. The van der Waals surface area contributed by atoms with Gasteiger partial charge in [-0.3, -0.25) is 0 Å². The van der Waals surface area contributed by atoms with E-state index in [-0.39, 0.29) is 0 Å². The van der Waals surface area contributed by atoms with Gasteiger partial charge in [-0.2, -0.15) is 0 Å². The Morgan fingerprint density at radius 3 is 2.50 bits per heavy atom. The van der Waals surface area contributed by atoms with Crippen molar-refractivity contribution in [2.45, 2.75) is 60.3 Å². The van der Waals surface area contributed by atoms with Crippen LogP contribution in [0.2, 0.25) is 0 Å². The van der Waals surface area contributed by atoms with Crippen molar-refractivity contribution in [1.29, 1.82) is 0 Å². The van der Waals surface area contributed by atoms with Gasteiger partial charge >= 0.3 is 0 Å². The molecule has 0 aliphatic heterocycles. The molecule has 0 radical (unpaired) electrons. The van der Waals surface area contributed by atoms with E-state index in [0.29, 0.717) is 5.41 Å². The summed E-state index contributed by atoms with van der Waals surface area (Å²) in [5.74, 6) is 0. The summed E-state index contributed by atoms with van der Waals surface area (Å²) in [5.41, 5.74) is 4.26. The van der Waals surface area contributed by atoms with Crippen molar-refractivity contribution in [3.63, 3.8) is 0 Å². The van der Waals surface area contributed by atoms with Crippen LogP contribution in [0.4, 0.5) is 0 Å². The van der Waals surface area contributed by atoms with Crippen LogP contribution in [-0.2, 0) is 12.8 Å². The minimum atomic E-state index is 0.433. The largest absolute Gasteiger partial charge is 0.241 e. The first kappa shape index (κ1) is 13.1. The van der Waals surface area contributed by atoms with Crippen LogP contribution in [0.5, 0.6) is 0 Å². The molecule has 0 saturated carbocycles. The van der Waals surface area contributed by atoms with Crippen LogP contribution in [0, 0.1) is 12.3 Å². The second-order valence-corrected chi connectivity index (χ2v) is 5.43. The average Bonchev–Trinajstić information content (AvgIpc) is 2.20. The Hall–Kier alpha value is -0.920. The van der Waals surface area contributed by atoms with Crippen LogP contribution in [0.1, 0.15) is 57.5 Å². The third kappa shape index (κ3) is 3.29. The molecule has 90 valence electrons. The van der Waals surface area contributed by atoms with Gasteiger partial charge in [0.2, 0.25) is 0 Å². The number of rotatable bonds is 0. The average molecular weight is 220 g/mol. The lowest BCUT2D eigenvalue weighted by atomic mass is 9.75. The summed E-state index contributed by atoms with van der Waals surface area (Å²) < 4.78 is 0. The van der Waals surface area contributed by atoms with Gasteiger partial charge in [-0.15, -0.1) is 0 Å². The highest BCUT2D eigenvalue weighted by Gasteiger charge is 2.27. The Kier molecular flexibility index (Phi) is 4.45. The highest BCUT2D eigenvalue weighted by molar-refractivity contribution is 5.27. The molecular weight excluding hydrogens is 196 g/mol. The number of hydrogen-bond donors (Lipinski definition) is 0. The summed E-state index contributed by atoms with van der Waals surface area (Å²) in [6.45, 7) is 11.0. The van der Waals surface area contributed by atoms with Crippen molar-refractivity contribution in [1.82, 2.24) is 9.97 Å². The molecule has 0 spiro atoms. The van der Waals surface area contributed by atoms with Crippen LogP contribution in [0.3, 0.4) is 0 Å². The smallest absolute Gasteiger partial charge is 0.115 e. The number of fused-ring (bicyclic) bond motifs is 1. The molecule has 0 atom stereocenters. The minimum Gasteiger partial charge on any atom is -0.241 e. The van der Waals surface area contributed by atoms with Gasteiger partial charge in [0.1, 0.15) is 6.33 Å².